The van der Waals surface area contributed by atoms with Crippen LogP contribution in [-0.4, -0.2) is 42.5 Å². The second-order valence-corrected chi connectivity index (χ2v) is 3.90. The highest BCUT2D eigenvalue weighted by Gasteiger charge is 2.27. The molecule has 0 spiro atoms. The van der Waals surface area contributed by atoms with Crippen LogP contribution in [0.25, 0.3) is 0 Å². The summed E-state index contributed by atoms with van der Waals surface area (Å²) in [6, 6.07) is 0. The van der Waals surface area contributed by atoms with Crippen molar-refractivity contribution in [2.75, 3.05) is 26.4 Å². The van der Waals surface area contributed by atoms with Crippen molar-refractivity contribution in [3.05, 3.63) is 11.7 Å². The van der Waals surface area contributed by atoms with Gasteiger partial charge < -0.3 is 18.7 Å². The first-order chi connectivity index (χ1) is 8.72. The molecule has 100 valence electrons. The largest absolute Gasteiger partial charge is 0.465 e. The van der Waals surface area contributed by atoms with E-state index in [4.69, 9.17) is 18.7 Å². The molecule has 0 N–H and O–H groups in total. The van der Waals surface area contributed by atoms with E-state index in [2.05, 4.69) is 10.1 Å². The Morgan fingerprint density at radius 2 is 2.39 bits per heavy atom. The lowest BCUT2D eigenvalue weighted by Crippen LogP contribution is -2.23. The first kappa shape index (κ1) is 13.0. The summed E-state index contributed by atoms with van der Waals surface area (Å²) in [4.78, 5) is 15.7. The van der Waals surface area contributed by atoms with E-state index < -0.39 is 5.92 Å². The molecule has 1 aliphatic rings. The average molecular weight is 256 g/mol. The highest BCUT2D eigenvalue weighted by atomic mass is 16.6. The van der Waals surface area contributed by atoms with Crippen LogP contribution in [0.1, 0.15) is 37.6 Å². The van der Waals surface area contributed by atoms with Crippen molar-refractivity contribution in [2.45, 2.75) is 25.9 Å². The van der Waals surface area contributed by atoms with Gasteiger partial charge in [-0.1, -0.05) is 5.16 Å². The highest BCUT2D eigenvalue weighted by molar-refractivity contribution is 5.76. The SMILES string of the molecule is CCOC(=O)C(C)c1nc(C2COCCO2)no1. The van der Waals surface area contributed by atoms with E-state index in [1.165, 1.54) is 0 Å². The smallest absolute Gasteiger partial charge is 0.318 e. The van der Waals surface area contributed by atoms with Crippen molar-refractivity contribution < 1.29 is 23.5 Å². The van der Waals surface area contributed by atoms with Crippen LogP contribution in [-0.2, 0) is 19.0 Å². The predicted octanol–water partition coefficient (Wildman–Crippen LogP) is 0.824. The number of hydrogen-bond donors (Lipinski definition) is 0. The third kappa shape index (κ3) is 2.85. The van der Waals surface area contributed by atoms with Crippen LogP contribution in [0.3, 0.4) is 0 Å². The Bertz CT molecular complexity index is 400. The summed E-state index contributed by atoms with van der Waals surface area (Å²) in [7, 11) is 0. The molecular weight excluding hydrogens is 240 g/mol. The highest BCUT2D eigenvalue weighted by Crippen LogP contribution is 2.21. The number of nitrogens with zero attached hydrogens (tertiary/aromatic N) is 2. The normalized spacial score (nSPS) is 21.6. The molecule has 0 saturated carbocycles. The summed E-state index contributed by atoms with van der Waals surface area (Å²) in [5, 5.41) is 3.80. The molecule has 0 aliphatic carbocycles. The van der Waals surface area contributed by atoms with Crippen LogP contribution >= 0.6 is 0 Å². The molecule has 0 bridgehead atoms. The Balaban J connectivity index is 2.02. The standard InChI is InChI=1S/C11H16N2O5/c1-3-16-11(14)7(2)10-12-9(13-18-10)8-6-15-4-5-17-8/h7-8H,3-6H2,1-2H3. The molecule has 7 heteroatoms. The second kappa shape index (κ2) is 5.92. The number of ether oxygens (including phenoxy) is 3. The van der Waals surface area contributed by atoms with E-state index in [0.29, 0.717) is 32.3 Å². The molecule has 2 atom stereocenters. The maximum Gasteiger partial charge on any atom is 0.318 e. The molecule has 18 heavy (non-hydrogen) atoms. The Kier molecular flexibility index (Phi) is 4.27. The van der Waals surface area contributed by atoms with Crippen molar-refractivity contribution in [2.24, 2.45) is 0 Å². The van der Waals surface area contributed by atoms with E-state index in [1.807, 2.05) is 0 Å². The molecule has 0 aromatic carbocycles. The molecule has 1 aliphatic heterocycles. The molecule has 7 nitrogen and oxygen atoms in total. The minimum Gasteiger partial charge on any atom is -0.465 e. The fourth-order valence-electron chi connectivity index (χ4n) is 1.56. The van der Waals surface area contributed by atoms with Crippen LogP contribution in [0.2, 0.25) is 0 Å². The summed E-state index contributed by atoms with van der Waals surface area (Å²) in [6.07, 6.45) is -0.328. The van der Waals surface area contributed by atoms with E-state index in [9.17, 15) is 4.79 Å². The van der Waals surface area contributed by atoms with Gasteiger partial charge in [0.05, 0.1) is 26.4 Å². The summed E-state index contributed by atoms with van der Waals surface area (Å²) in [6.45, 7) is 5.20. The molecule has 2 heterocycles. The van der Waals surface area contributed by atoms with Crippen molar-refractivity contribution in [1.82, 2.24) is 10.1 Å². The van der Waals surface area contributed by atoms with Gasteiger partial charge in [0.2, 0.25) is 11.7 Å². The summed E-state index contributed by atoms with van der Waals surface area (Å²) in [5.41, 5.74) is 0. The lowest BCUT2D eigenvalue weighted by molar-refractivity contribution is -0.145. The Morgan fingerprint density at radius 1 is 1.56 bits per heavy atom. The van der Waals surface area contributed by atoms with Gasteiger partial charge in [0, 0.05) is 0 Å². The molecule has 1 saturated heterocycles. The third-order valence-electron chi connectivity index (χ3n) is 2.57. The topological polar surface area (TPSA) is 83.7 Å². The van der Waals surface area contributed by atoms with Crippen LogP contribution in [0.5, 0.6) is 0 Å². The van der Waals surface area contributed by atoms with Gasteiger partial charge in [-0.05, 0) is 13.8 Å². The van der Waals surface area contributed by atoms with Crippen LogP contribution < -0.4 is 0 Å². The lowest BCUT2D eigenvalue weighted by Gasteiger charge is -2.19. The molecule has 0 amide bonds. The quantitative estimate of drug-likeness (QED) is 0.737. The van der Waals surface area contributed by atoms with Gasteiger partial charge in [-0.15, -0.1) is 0 Å². The monoisotopic (exact) mass is 256 g/mol. The number of hydrogen-bond acceptors (Lipinski definition) is 7. The molecular formula is C11H16N2O5. The molecule has 1 aromatic heterocycles. The van der Waals surface area contributed by atoms with Gasteiger partial charge in [0.15, 0.2) is 0 Å². The van der Waals surface area contributed by atoms with E-state index in [1.54, 1.807) is 13.8 Å². The second-order valence-electron chi connectivity index (χ2n) is 3.90. The molecule has 0 radical (unpaired) electrons. The van der Waals surface area contributed by atoms with Gasteiger partial charge in [-0.3, -0.25) is 4.79 Å². The van der Waals surface area contributed by atoms with Crippen LogP contribution in [0.4, 0.5) is 0 Å². The maximum atomic E-state index is 11.5. The fourth-order valence-corrected chi connectivity index (χ4v) is 1.56. The first-order valence-corrected chi connectivity index (χ1v) is 5.91. The fraction of sp³-hybridized carbons (Fsp3) is 0.727. The number of rotatable bonds is 4. The Labute approximate surface area is 104 Å². The van der Waals surface area contributed by atoms with E-state index >= 15 is 0 Å². The van der Waals surface area contributed by atoms with Crippen LogP contribution in [0, 0.1) is 0 Å². The zero-order valence-electron chi connectivity index (χ0n) is 10.4. The van der Waals surface area contributed by atoms with Crippen molar-refractivity contribution in [3.63, 3.8) is 0 Å². The van der Waals surface area contributed by atoms with E-state index in [0.717, 1.165) is 0 Å². The van der Waals surface area contributed by atoms with Crippen molar-refractivity contribution in [1.29, 1.82) is 0 Å². The first-order valence-electron chi connectivity index (χ1n) is 5.91. The molecule has 1 fully saturated rings. The van der Waals surface area contributed by atoms with E-state index in [-0.39, 0.29) is 18.0 Å². The number of aromatic nitrogens is 2. The number of carbonyl (C=O) groups excluding carboxylic acids is 1. The van der Waals surface area contributed by atoms with Gasteiger partial charge >= 0.3 is 5.97 Å². The average Bonchev–Trinajstić information content (AvgIpc) is 2.89. The summed E-state index contributed by atoms with van der Waals surface area (Å²) < 4.78 is 20.6. The lowest BCUT2D eigenvalue weighted by atomic mass is 10.2. The third-order valence-corrected chi connectivity index (χ3v) is 2.57. The van der Waals surface area contributed by atoms with Gasteiger partial charge in [-0.2, -0.15) is 4.98 Å². The summed E-state index contributed by atoms with van der Waals surface area (Å²) >= 11 is 0. The zero-order chi connectivity index (χ0) is 13.0. The van der Waals surface area contributed by atoms with Crippen molar-refractivity contribution in [3.8, 4) is 0 Å². The summed E-state index contributed by atoms with van der Waals surface area (Å²) in [5.74, 6) is -0.317. The predicted molar refractivity (Wildman–Crippen MR) is 58.9 cm³/mol. The number of esters is 1. The van der Waals surface area contributed by atoms with Crippen molar-refractivity contribution >= 4 is 5.97 Å². The minimum absolute atomic E-state index is 0.234. The van der Waals surface area contributed by atoms with Gasteiger partial charge in [0.25, 0.3) is 0 Å². The molecule has 2 rings (SSSR count). The minimum atomic E-state index is -0.573. The molecule has 2 unspecified atom stereocenters. The Morgan fingerprint density at radius 3 is 3.06 bits per heavy atom. The zero-order valence-corrected chi connectivity index (χ0v) is 10.4. The van der Waals surface area contributed by atoms with Gasteiger partial charge in [0.1, 0.15) is 12.0 Å². The molecule has 1 aromatic rings. The van der Waals surface area contributed by atoms with Crippen LogP contribution in [0.15, 0.2) is 4.52 Å². The number of carbonyl (C=O) groups is 1. The maximum absolute atomic E-state index is 11.5. The van der Waals surface area contributed by atoms with Gasteiger partial charge in [-0.25, -0.2) is 0 Å². The Hall–Kier alpha value is -1.47.